The van der Waals surface area contributed by atoms with Crippen LogP contribution in [0.1, 0.15) is 27.7 Å². The Kier molecular flexibility index (Phi) is 15.6. The van der Waals surface area contributed by atoms with Gasteiger partial charge in [-0.3, -0.25) is 28.8 Å². The maximum Gasteiger partial charge on any atom is 0.249 e. The second-order valence-electron chi connectivity index (χ2n) is 13.9. The van der Waals surface area contributed by atoms with Gasteiger partial charge >= 0.3 is 0 Å². The Labute approximate surface area is 323 Å². The number of nitrogens with one attached hydrogen (secondary N) is 4. The van der Waals surface area contributed by atoms with Gasteiger partial charge in [0.25, 0.3) is 0 Å². The summed E-state index contributed by atoms with van der Waals surface area (Å²) in [5, 5.41) is 85.1. The van der Waals surface area contributed by atoms with E-state index in [0.29, 0.717) is 0 Å². The van der Waals surface area contributed by atoms with Crippen LogP contribution in [0.4, 0.5) is 0 Å². The molecule has 4 heterocycles. The molecule has 4 rings (SSSR count). The molecule has 4 aliphatic rings. The molecule has 0 bridgehead atoms. The fraction of sp³-hybridized carbons (Fsp3) is 0.806. The molecular formula is C31H50N6O20. The van der Waals surface area contributed by atoms with Crippen LogP contribution < -0.4 is 32.7 Å². The lowest BCUT2D eigenvalue weighted by Gasteiger charge is -2.50. The summed E-state index contributed by atoms with van der Waals surface area (Å²) in [6.45, 7) is 3.67. The van der Waals surface area contributed by atoms with Gasteiger partial charge in [0.1, 0.15) is 73.1 Å². The lowest BCUT2D eigenvalue weighted by Crippen LogP contribution is -2.72. The molecule has 15 N–H and O–H groups in total. The summed E-state index contributed by atoms with van der Waals surface area (Å²) in [6, 6.07) is -6.14. The van der Waals surface area contributed by atoms with Crippen molar-refractivity contribution in [2.45, 2.75) is 150 Å². The van der Waals surface area contributed by atoms with Crippen LogP contribution in [0, 0.1) is 0 Å². The zero-order chi connectivity index (χ0) is 42.6. The predicted molar refractivity (Wildman–Crippen MR) is 178 cm³/mol. The van der Waals surface area contributed by atoms with Crippen molar-refractivity contribution >= 4 is 35.9 Å². The highest BCUT2D eigenvalue weighted by Gasteiger charge is 2.57. The third-order valence-electron chi connectivity index (χ3n) is 9.68. The molecule has 20 atom stereocenters. The van der Waals surface area contributed by atoms with Gasteiger partial charge in [0.15, 0.2) is 37.4 Å². The summed E-state index contributed by atoms with van der Waals surface area (Å²) >= 11 is 0. The topological polar surface area (TPSA) is 409 Å². The van der Waals surface area contributed by atoms with E-state index in [1.165, 1.54) is 6.92 Å². The normalized spacial score (nSPS) is 43.6. The molecule has 0 radical (unpaired) electrons. The van der Waals surface area contributed by atoms with E-state index in [2.05, 4.69) is 21.3 Å². The number of carbonyl (C=O) groups is 6. The first-order valence-corrected chi connectivity index (χ1v) is 17.6. The van der Waals surface area contributed by atoms with Gasteiger partial charge in [-0.25, -0.2) is 0 Å². The van der Waals surface area contributed by atoms with Crippen LogP contribution in [0.25, 0.3) is 0 Å². The third kappa shape index (κ3) is 10.3. The molecule has 26 heteroatoms. The SMILES string of the molecule is CC(=O)N[C@@H]1[C@@H](O[C@H]2O[C@H](C(N)=O)[C@H](O[C@H]3O[C@H](C(N)=O)[C@H](O[C@@H]4O[C@H](C)[C@@H](NC=O)[C@H](O)[C@H]4O)[C@H](O)[C@H]3NC(C)=O)[C@H](O)[C@H]2NC(C)=O)[C@H](O)[C@@H](CO)O[C@H]1O. The van der Waals surface area contributed by atoms with Crippen molar-refractivity contribution in [1.29, 1.82) is 0 Å². The van der Waals surface area contributed by atoms with E-state index in [9.17, 15) is 64.5 Å². The van der Waals surface area contributed by atoms with Gasteiger partial charge in [-0.2, -0.15) is 0 Å². The van der Waals surface area contributed by atoms with E-state index < -0.39 is 159 Å². The minimum absolute atomic E-state index is 0.267. The fourth-order valence-electron chi connectivity index (χ4n) is 7.03. The van der Waals surface area contributed by atoms with Gasteiger partial charge in [0, 0.05) is 20.8 Å². The molecule has 0 aromatic carbocycles. The molecule has 4 fully saturated rings. The van der Waals surface area contributed by atoms with Crippen LogP contribution in [-0.2, 0) is 61.9 Å². The molecule has 57 heavy (non-hydrogen) atoms. The molecule has 0 aromatic rings. The van der Waals surface area contributed by atoms with E-state index in [1.54, 1.807) is 0 Å². The fourth-order valence-corrected chi connectivity index (χ4v) is 7.03. The Morgan fingerprint density at radius 2 is 1.04 bits per heavy atom. The van der Waals surface area contributed by atoms with Gasteiger partial charge in [0.05, 0.1) is 18.8 Å². The molecule has 0 aromatic heterocycles. The van der Waals surface area contributed by atoms with Crippen LogP contribution in [0.5, 0.6) is 0 Å². The number of hydrogen-bond acceptors (Lipinski definition) is 20. The quantitative estimate of drug-likeness (QED) is 0.0723. The Hall–Kier alpha value is -3.74. The number of ether oxygens (including phenoxy) is 7. The van der Waals surface area contributed by atoms with Crippen LogP contribution >= 0.6 is 0 Å². The highest BCUT2D eigenvalue weighted by molar-refractivity contribution is 5.81. The molecule has 0 aliphatic carbocycles. The smallest absolute Gasteiger partial charge is 0.249 e. The van der Waals surface area contributed by atoms with Crippen LogP contribution in [0.3, 0.4) is 0 Å². The van der Waals surface area contributed by atoms with Crippen molar-refractivity contribution in [3.63, 3.8) is 0 Å². The van der Waals surface area contributed by atoms with Crippen molar-refractivity contribution in [2.75, 3.05) is 6.61 Å². The molecule has 4 saturated heterocycles. The van der Waals surface area contributed by atoms with Crippen molar-refractivity contribution in [2.24, 2.45) is 11.5 Å². The zero-order valence-electron chi connectivity index (χ0n) is 30.9. The Morgan fingerprint density at radius 1 is 0.596 bits per heavy atom. The summed E-state index contributed by atoms with van der Waals surface area (Å²) in [4.78, 5) is 73.4. The second kappa shape index (κ2) is 19.3. The van der Waals surface area contributed by atoms with Crippen molar-refractivity contribution in [3.8, 4) is 0 Å². The summed E-state index contributed by atoms with van der Waals surface area (Å²) in [7, 11) is 0. The van der Waals surface area contributed by atoms with E-state index >= 15 is 0 Å². The van der Waals surface area contributed by atoms with Crippen LogP contribution in [0.2, 0.25) is 0 Å². The third-order valence-corrected chi connectivity index (χ3v) is 9.68. The first-order chi connectivity index (χ1) is 26.7. The van der Waals surface area contributed by atoms with Crippen molar-refractivity contribution in [3.05, 3.63) is 0 Å². The van der Waals surface area contributed by atoms with Gasteiger partial charge < -0.3 is 102 Å². The van der Waals surface area contributed by atoms with Crippen molar-refractivity contribution in [1.82, 2.24) is 21.3 Å². The minimum Gasteiger partial charge on any atom is -0.394 e. The molecule has 324 valence electrons. The van der Waals surface area contributed by atoms with Crippen LogP contribution in [-0.4, -0.2) is 201 Å². The number of nitrogens with two attached hydrogens (primary N) is 2. The van der Waals surface area contributed by atoms with Gasteiger partial charge in [0.2, 0.25) is 35.9 Å². The van der Waals surface area contributed by atoms with E-state index in [4.69, 9.17) is 44.6 Å². The monoisotopic (exact) mass is 826 g/mol. The zero-order valence-corrected chi connectivity index (χ0v) is 30.9. The molecule has 0 saturated carbocycles. The summed E-state index contributed by atoms with van der Waals surface area (Å²) in [6.07, 6.45) is -29.0. The highest BCUT2D eigenvalue weighted by atomic mass is 16.8. The van der Waals surface area contributed by atoms with Gasteiger partial charge in [-0.15, -0.1) is 0 Å². The maximum atomic E-state index is 12.9. The number of aliphatic hydroxyl groups excluding tert-OH is 7. The summed E-state index contributed by atoms with van der Waals surface area (Å²) in [5.74, 6) is -5.01. The van der Waals surface area contributed by atoms with E-state index in [0.717, 1.165) is 20.8 Å². The van der Waals surface area contributed by atoms with Crippen molar-refractivity contribution < 1.29 is 97.7 Å². The van der Waals surface area contributed by atoms with E-state index in [1.807, 2.05) is 0 Å². The Balaban J connectivity index is 1.65. The number of rotatable bonds is 14. The van der Waals surface area contributed by atoms with Gasteiger partial charge in [-0.05, 0) is 6.92 Å². The first kappa shape index (κ1) is 46.0. The first-order valence-electron chi connectivity index (χ1n) is 17.6. The molecule has 4 aliphatic heterocycles. The molecule has 6 amide bonds. The highest BCUT2D eigenvalue weighted by Crippen LogP contribution is 2.34. The number of aliphatic hydroxyl groups is 7. The lowest BCUT2D eigenvalue weighted by molar-refractivity contribution is -0.352. The maximum absolute atomic E-state index is 12.9. The second-order valence-corrected chi connectivity index (χ2v) is 13.9. The number of carbonyl (C=O) groups excluding carboxylic acids is 6. The largest absolute Gasteiger partial charge is 0.394 e. The number of hydrogen-bond donors (Lipinski definition) is 13. The molecule has 26 nitrogen and oxygen atoms in total. The lowest BCUT2D eigenvalue weighted by atomic mass is 9.92. The average molecular weight is 827 g/mol. The molecule has 0 spiro atoms. The number of primary amides is 2. The van der Waals surface area contributed by atoms with Crippen LogP contribution in [0.15, 0.2) is 0 Å². The Morgan fingerprint density at radius 3 is 1.46 bits per heavy atom. The molecule has 0 unspecified atom stereocenters. The minimum atomic E-state index is -2.10. The van der Waals surface area contributed by atoms with E-state index in [-0.39, 0.29) is 6.41 Å². The molecular weight excluding hydrogens is 776 g/mol. The summed E-state index contributed by atoms with van der Waals surface area (Å²) < 4.78 is 39.8. The average Bonchev–Trinajstić information content (AvgIpc) is 3.12. The Bertz CT molecular complexity index is 1460. The standard InChI is InChI=1S/C31H50N6O20/c1-7-12(34-6-39)17(44)20(47)31(51-7)55-23-19(46)14(36-9(3)41)30(57-25(23)27(33)49)54-22-18(45)13(35-8(2)40)29(56-24(22)26(32)48)53-21-15(37-10(4)42)28(50)52-11(5-38)16(21)43/h6-7,11-25,28-31,38,43-47,50H,5H2,1-4H3,(H2,32,48)(H2,33,49)(H,34,39)(H,35,40)(H,36,41)(H,37,42)/t7-,11-,12-,13-,14-,15-,16-,17+,18-,19-,20-,21-,22-,23-,24+,25+,28-,29+,30+,31+/m1/s1. The summed E-state index contributed by atoms with van der Waals surface area (Å²) in [5.41, 5.74) is 11.2. The number of amides is 6. The van der Waals surface area contributed by atoms with Gasteiger partial charge in [-0.1, -0.05) is 0 Å². The predicted octanol–water partition coefficient (Wildman–Crippen LogP) is -9.55.